The minimum absolute atomic E-state index is 0.0646. The molecule has 0 N–H and O–H groups in total. The van der Waals surface area contributed by atoms with Crippen LogP contribution < -0.4 is 0 Å². The van der Waals surface area contributed by atoms with Gasteiger partial charge in [-0.25, -0.2) is 9.37 Å². The Hall–Kier alpha value is -2.05. The molecule has 0 unspecified atom stereocenters. The molecule has 2 heterocycles. The van der Waals surface area contributed by atoms with Gasteiger partial charge in [0.25, 0.3) is 0 Å². The molecule has 1 amide bonds. The summed E-state index contributed by atoms with van der Waals surface area (Å²) in [6.45, 7) is 0.461. The summed E-state index contributed by atoms with van der Waals surface area (Å²) in [5.74, 6) is -0.199. The standard InChI is InChI=1S/C19H17FN2OS2/c20-14-4-1-3-13(9-14)11-22(16-6-7-16)18(23)10-15-12-25-19(21-15)17-5-2-8-24-17/h1-5,8-9,12,16H,6-7,10-11H2. The molecule has 1 aromatic carbocycles. The van der Waals surface area contributed by atoms with Crippen LogP contribution in [-0.2, 0) is 17.8 Å². The zero-order valence-corrected chi connectivity index (χ0v) is 15.2. The van der Waals surface area contributed by atoms with Gasteiger partial charge >= 0.3 is 0 Å². The van der Waals surface area contributed by atoms with E-state index >= 15 is 0 Å². The first-order chi connectivity index (χ1) is 12.2. The van der Waals surface area contributed by atoms with Crippen LogP contribution in [0.1, 0.15) is 24.1 Å². The van der Waals surface area contributed by atoms with E-state index in [2.05, 4.69) is 4.98 Å². The Bertz CT molecular complexity index is 871. The lowest BCUT2D eigenvalue weighted by atomic mass is 10.2. The number of thiophene rings is 1. The van der Waals surface area contributed by atoms with Crippen LogP contribution in [0.3, 0.4) is 0 Å². The van der Waals surface area contributed by atoms with Crippen LogP contribution >= 0.6 is 22.7 Å². The molecule has 0 saturated heterocycles. The zero-order chi connectivity index (χ0) is 17.2. The molecule has 128 valence electrons. The Kier molecular flexibility index (Phi) is 4.63. The Morgan fingerprint density at radius 1 is 1.24 bits per heavy atom. The third-order valence-corrected chi connectivity index (χ3v) is 6.10. The van der Waals surface area contributed by atoms with Gasteiger partial charge in [0.15, 0.2) is 0 Å². The summed E-state index contributed by atoms with van der Waals surface area (Å²) in [5.41, 5.74) is 1.64. The lowest BCUT2D eigenvalue weighted by Gasteiger charge is -2.22. The van der Waals surface area contributed by atoms with Gasteiger partial charge in [-0.05, 0) is 42.0 Å². The second-order valence-corrected chi connectivity index (χ2v) is 7.99. The monoisotopic (exact) mass is 372 g/mol. The van der Waals surface area contributed by atoms with Crippen LogP contribution in [0.5, 0.6) is 0 Å². The van der Waals surface area contributed by atoms with Crippen LogP contribution in [0.2, 0.25) is 0 Å². The number of carbonyl (C=O) groups excluding carboxylic acids is 1. The van der Waals surface area contributed by atoms with Crippen molar-refractivity contribution < 1.29 is 9.18 Å². The summed E-state index contributed by atoms with van der Waals surface area (Å²) in [4.78, 5) is 20.4. The van der Waals surface area contributed by atoms with E-state index in [0.717, 1.165) is 34.0 Å². The van der Waals surface area contributed by atoms with E-state index in [-0.39, 0.29) is 17.8 Å². The molecule has 6 heteroatoms. The number of amides is 1. The second kappa shape index (κ2) is 7.06. The van der Waals surface area contributed by atoms with Crippen LogP contribution in [-0.4, -0.2) is 21.8 Å². The smallest absolute Gasteiger partial charge is 0.229 e. The van der Waals surface area contributed by atoms with Crippen LogP contribution in [0, 0.1) is 5.82 Å². The number of thiazole rings is 1. The van der Waals surface area contributed by atoms with E-state index in [4.69, 9.17) is 0 Å². The molecule has 0 bridgehead atoms. The van der Waals surface area contributed by atoms with Crippen molar-refractivity contribution in [1.82, 2.24) is 9.88 Å². The SMILES string of the molecule is O=C(Cc1csc(-c2cccs2)n1)N(Cc1cccc(F)c1)C1CC1. The fourth-order valence-corrected chi connectivity index (χ4v) is 4.43. The van der Waals surface area contributed by atoms with E-state index in [1.807, 2.05) is 33.9 Å². The number of nitrogens with zero attached hydrogens (tertiary/aromatic N) is 2. The predicted molar refractivity (Wildman–Crippen MR) is 99.1 cm³/mol. The highest BCUT2D eigenvalue weighted by molar-refractivity contribution is 7.20. The number of carbonyl (C=O) groups is 1. The van der Waals surface area contributed by atoms with Crippen LogP contribution in [0.4, 0.5) is 4.39 Å². The topological polar surface area (TPSA) is 33.2 Å². The Morgan fingerprint density at radius 3 is 2.84 bits per heavy atom. The Labute approximate surface area is 153 Å². The first-order valence-electron chi connectivity index (χ1n) is 8.21. The highest BCUT2D eigenvalue weighted by atomic mass is 32.1. The molecular formula is C19H17FN2OS2. The largest absolute Gasteiger partial charge is 0.335 e. The van der Waals surface area contributed by atoms with E-state index in [9.17, 15) is 9.18 Å². The van der Waals surface area contributed by atoms with Crippen molar-refractivity contribution in [2.24, 2.45) is 0 Å². The van der Waals surface area contributed by atoms with Gasteiger partial charge in [0.2, 0.25) is 5.91 Å². The number of halogens is 1. The fraction of sp³-hybridized carbons (Fsp3) is 0.263. The molecule has 0 radical (unpaired) electrons. The molecule has 3 aromatic rings. The molecule has 3 nitrogen and oxygen atoms in total. The van der Waals surface area contributed by atoms with E-state index < -0.39 is 0 Å². The average Bonchev–Trinajstić information content (AvgIpc) is 3.08. The lowest BCUT2D eigenvalue weighted by Crippen LogP contribution is -2.33. The van der Waals surface area contributed by atoms with Gasteiger partial charge in [-0.15, -0.1) is 22.7 Å². The second-order valence-electron chi connectivity index (χ2n) is 6.18. The molecule has 1 fully saturated rings. The summed E-state index contributed by atoms with van der Waals surface area (Å²) in [6, 6.07) is 10.8. The van der Waals surface area contributed by atoms with E-state index in [1.54, 1.807) is 28.7 Å². The van der Waals surface area contributed by atoms with Gasteiger partial charge in [0.1, 0.15) is 10.8 Å². The first kappa shape index (κ1) is 16.4. The predicted octanol–water partition coefficient (Wildman–Crippen LogP) is 4.74. The van der Waals surface area contributed by atoms with Gasteiger partial charge in [-0.2, -0.15) is 0 Å². The minimum Gasteiger partial charge on any atom is -0.335 e. The van der Waals surface area contributed by atoms with Crippen molar-refractivity contribution in [3.05, 3.63) is 64.2 Å². The van der Waals surface area contributed by atoms with Crippen molar-refractivity contribution in [3.8, 4) is 9.88 Å². The quantitative estimate of drug-likeness (QED) is 0.626. The van der Waals surface area contributed by atoms with Crippen molar-refractivity contribution >= 4 is 28.6 Å². The van der Waals surface area contributed by atoms with Crippen molar-refractivity contribution in [2.75, 3.05) is 0 Å². The number of rotatable bonds is 6. The highest BCUT2D eigenvalue weighted by Crippen LogP contribution is 2.31. The third-order valence-electron chi connectivity index (χ3n) is 4.17. The minimum atomic E-state index is -0.263. The highest BCUT2D eigenvalue weighted by Gasteiger charge is 2.32. The fourth-order valence-electron chi connectivity index (χ4n) is 2.80. The summed E-state index contributed by atoms with van der Waals surface area (Å²) in [7, 11) is 0. The number of aromatic nitrogens is 1. The maximum absolute atomic E-state index is 13.4. The average molecular weight is 372 g/mol. The third kappa shape index (κ3) is 3.96. The van der Waals surface area contributed by atoms with Crippen LogP contribution in [0.25, 0.3) is 9.88 Å². The molecule has 25 heavy (non-hydrogen) atoms. The lowest BCUT2D eigenvalue weighted by molar-refractivity contribution is -0.131. The number of benzene rings is 1. The number of hydrogen-bond donors (Lipinski definition) is 0. The Balaban J connectivity index is 1.46. The van der Waals surface area contributed by atoms with Crippen molar-refractivity contribution in [3.63, 3.8) is 0 Å². The maximum Gasteiger partial charge on any atom is 0.229 e. The van der Waals surface area contributed by atoms with Gasteiger partial charge in [-0.3, -0.25) is 4.79 Å². The molecule has 0 spiro atoms. The van der Waals surface area contributed by atoms with Gasteiger partial charge in [0, 0.05) is 18.0 Å². The van der Waals surface area contributed by atoms with Gasteiger partial charge in [-0.1, -0.05) is 18.2 Å². The van der Waals surface area contributed by atoms with Gasteiger partial charge < -0.3 is 4.90 Å². The normalized spacial score (nSPS) is 13.8. The summed E-state index contributed by atoms with van der Waals surface area (Å²) in [5, 5.41) is 4.94. The molecule has 1 aliphatic rings. The van der Waals surface area contributed by atoms with Crippen molar-refractivity contribution in [1.29, 1.82) is 0 Å². The van der Waals surface area contributed by atoms with Crippen molar-refractivity contribution in [2.45, 2.75) is 31.8 Å². The summed E-state index contributed by atoms with van der Waals surface area (Å²) in [6.07, 6.45) is 2.35. The Morgan fingerprint density at radius 2 is 2.12 bits per heavy atom. The van der Waals surface area contributed by atoms with E-state index in [1.165, 1.54) is 12.1 Å². The summed E-state index contributed by atoms with van der Waals surface area (Å²) < 4.78 is 13.4. The molecule has 4 rings (SSSR count). The van der Waals surface area contributed by atoms with Gasteiger partial charge in [0.05, 0.1) is 17.0 Å². The molecule has 0 aliphatic heterocycles. The molecule has 2 aromatic heterocycles. The molecule has 0 atom stereocenters. The zero-order valence-electron chi connectivity index (χ0n) is 13.5. The molecule has 1 saturated carbocycles. The first-order valence-corrected chi connectivity index (χ1v) is 9.97. The molecule has 1 aliphatic carbocycles. The van der Waals surface area contributed by atoms with E-state index in [0.29, 0.717) is 13.0 Å². The van der Waals surface area contributed by atoms with Crippen LogP contribution in [0.15, 0.2) is 47.2 Å². The molecular weight excluding hydrogens is 355 g/mol. The summed E-state index contributed by atoms with van der Waals surface area (Å²) >= 11 is 3.22. The number of hydrogen-bond acceptors (Lipinski definition) is 4. The maximum atomic E-state index is 13.4.